The van der Waals surface area contributed by atoms with E-state index in [9.17, 15) is 31.2 Å². The lowest BCUT2D eigenvalue weighted by Crippen LogP contribution is -2.53. The number of hydrogen-bond donors (Lipinski definition) is 1. The number of benzene rings is 2. The molecule has 1 unspecified atom stereocenters. The molecule has 2 rings (SSSR count). The Labute approximate surface area is 224 Å². The average molecular weight is 582 g/mol. The topological polar surface area (TPSA) is 86.8 Å². The van der Waals surface area contributed by atoms with Gasteiger partial charge in [-0.15, -0.1) is 0 Å². The normalized spacial score (nSPS) is 12.8. The summed E-state index contributed by atoms with van der Waals surface area (Å²) in [6, 6.07) is 7.07. The van der Waals surface area contributed by atoms with Crippen molar-refractivity contribution in [1.82, 2.24) is 10.2 Å². The van der Waals surface area contributed by atoms with Crippen molar-refractivity contribution in [3.8, 4) is 0 Å². The number of carbonyl (C=O) groups excluding carboxylic acids is 2. The zero-order valence-corrected chi connectivity index (χ0v) is 23.0. The van der Waals surface area contributed by atoms with Gasteiger partial charge in [-0.05, 0) is 56.2 Å². The van der Waals surface area contributed by atoms with Gasteiger partial charge in [0.05, 0.1) is 27.6 Å². The Balaban J connectivity index is 2.51. The van der Waals surface area contributed by atoms with Gasteiger partial charge in [0.1, 0.15) is 12.6 Å². The van der Waals surface area contributed by atoms with E-state index in [1.54, 1.807) is 26.8 Å². The third-order valence-corrected chi connectivity index (χ3v) is 7.17. The van der Waals surface area contributed by atoms with Crippen LogP contribution in [0.3, 0.4) is 0 Å². The first kappa shape index (κ1) is 30.7. The van der Waals surface area contributed by atoms with E-state index in [0.717, 1.165) is 24.5 Å². The number of halogens is 5. The third kappa shape index (κ3) is 8.51. The van der Waals surface area contributed by atoms with Gasteiger partial charge in [-0.3, -0.25) is 13.9 Å². The maximum absolute atomic E-state index is 13.6. The van der Waals surface area contributed by atoms with Crippen molar-refractivity contribution in [2.75, 3.05) is 17.1 Å². The number of hydrogen-bond acceptors (Lipinski definition) is 4. The second kappa shape index (κ2) is 12.4. The molecule has 0 heterocycles. The predicted molar refractivity (Wildman–Crippen MR) is 138 cm³/mol. The largest absolute Gasteiger partial charge is 0.416 e. The number of amides is 2. The number of carbonyl (C=O) groups is 2. The Morgan fingerprint density at radius 1 is 1.05 bits per heavy atom. The fraction of sp³-hybridized carbons (Fsp3) is 0.417. The summed E-state index contributed by atoms with van der Waals surface area (Å²) < 4.78 is 65.5. The van der Waals surface area contributed by atoms with Crippen LogP contribution >= 0.6 is 23.2 Å². The van der Waals surface area contributed by atoms with Crippen LogP contribution < -0.4 is 9.62 Å². The molecular formula is C24H28Cl2F3N3O4S. The molecule has 0 aliphatic heterocycles. The van der Waals surface area contributed by atoms with Gasteiger partial charge in [-0.1, -0.05) is 42.3 Å². The minimum Gasteiger partial charge on any atom is -0.352 e. The fourth-order valence-corrected chi connectivity index (χ4v) is 4.75. The first-order chi connectivity index (χ1) is 17.0. The summed E-state index contributed by atoms with van der Waals surface area (Å²) in [5, 5.41) is 3.23. The highest BCUT2D eigenvalue weighted by Gasteiger charge is 2.34. The second-order valence-electron chi connectivity index (χ2n) is 8.68. The number of nitrogens with zero attached hydrogens (tertiary/aromatic N) is 2. The molecule has 0 saturated heterocycles. The highest BCUT2D eigenvalue weighted by molar-refractivity contribution is 7.92. The molecule has 2 aromatic rings. The molecule has 0 fully saturated rings. The molecule has 0 radical (unpaired) electrons. The molecule has 2 aromatic carbocycles. The van der Waals surface area contributed by atoms with E-state index < -0.39 is 46.2 Å². The maximum Gasteiger partial charge on any atom is 0.416 e. The van der Waals surface area contributed by atoms with Gasteiger partial charge in [0.15, 0.2) is 0 Å². The van der Waals surface area contributed by atoms with Gasteiger partial charge in [0.25, 0.3) is 0 Å². The molecule has 1 atom stereocenters. The minimum atomic E-state index is -4.72. The lowest BCUT2D eigenvalue weighted by molar-refractivity contribution is -0.140. The molecule has 13 heteroatoms. The van der Waals surface area contributed by atoms with E-state index in [1.807, 2.05) is 0 Å². The number of alkyl halides is 3. The Morgan fingerprint density at radius 3 is 2.22 bits per heavy atom. The van der Waals surface area contributed by atoms with Crippen LogP contribution in [-0.2, 0) is 32.3 Å². The lowest BCUT2D eigenvalue weighted by Gasteiger charge is -2.33. The van der Waals surface area contributed by atoms with E-state index in [0.29, 0.717) is 15.9 Å². The van der Waals surface area contributed by atoms with Crippen LogP contribution in [0, 0.1) is 0 Å². The van der Waals surface area contributed by atoms with Crippen LogP contribution in [-0.4, -0.2) is 50.0 Å². The van der Waals surface area contributed by atoms with Crippen molar-refractivity contribution in [2.45, 2.75) is 52.0 Å². The summed E-state index contributed by atoms with van der Waals surface area (Å²) in [5.41, 5.74) is -0.884. The van der Waals surface area contributed by atoms with Crippen LogP contribution in [0.1, 0.15) is 38.3 Å². The molecule has 7 nitrogen and oxygen atoms in total. The third-order valence-electron chi connectivity index (χ3n) is 5.29. The summed E-state index contributed by atoms with van der Waals surface area (Å²) >= 11 is 12.1. The van der Waals surface area contributed by atoms with Gasteiger partial charge in [-0.2, -0.15) is 13.2 Å². The number of rotatable bonds is 10. The molecule has 0 aliphatic rings. The van der Waals surface area contributed by atoms with E-state index in [4.69, 9.17) is 23.2 Å². The van der Waals surface area contributed by atoms with Gasteiger partial charge < -0.3 is 10.2 Å². The van der Waals surface area contributed by atoms with E-state index in [1.165, 1.54) is 17.0 Å². The van der Waals surface area contributed by atoms with Crippen molar-refractivity contribution in [2.24, 2.45) is 0 Å². The van der Waals surface area contributed by atoms with Crippen molar-refractivity contribution >= 4 is 50.7 Å². The quantitative estimate of drug-likeness (QED) is 0.422. The molecule has 1 N–H and O–H groups in total. The molecule has 37 heavy (non-hydrogen) atoms. The van der Waals surface area contributed by atoms with Crippen molar-refractivity contribution < 1.29 is 31.2 Å². The predicted octanol–water partition coefficient (Wildman–Crippen LogP) is 5.11. The van der Waals surface area contributed by atoms with Crippen LogP contribution in [0.25, 0.3) is 0 Å². The van der Waals surface area contributed by atoms with Crippen molar-refractivity contribution in [3.63, 3.8) is 0 Å². The van der Waals surface area contributed by atoms with E-state index in [2.05, 4.69) is 5.32 Å². The van der Waals surface area contributed by atoms with Gasteiger partial charge in [0, 0.05) is 12.6 Å². The second-order valence-corrected chi connectivity index (χ2v) is 11.4. The van der Waals surface area contributed by atoms with Crippen molar-refractivity contribution in [3.05, 3.63) is 63.6 Å². The van der Waals surface area contributed by atoms with Gasteiger partial charge in [-0.25, -0.2) is 8.42 Å². The van der Waals surface area contributed by atoms with Crippen LogP contribution in [0.15, 0.2) is 42.5 Å². The SMILES string of the molecule is CCC(C(=O)NC(C)C)N(Cc1ccc(Cl)c(Cl)c1)C(=O)CN(c1cccc(C(F)(F)F)c1)S(C)(=O)=O. The zero-order chi connectivity index (χ0) is 28.1. The smallest absolute Gasteiger partial charge is 0.352 e. The highest BCUT2D eigenvalue weighted by atomic mass is 35.5. The Kier molecular flexibility index (Phi) is 10.3. The molecule has 0 aliphatic carbocycles. The summed E-state index contributed by atoms with van der Waals surface area (Å²) in [4.78, 5) is 27.7. The molecule has 0 bridgehead atoms. The number of sulfonamides is 1. The zero-order valence-electron chi connectivity index (χ0n) is 20.6. The average Bonchev–Trinajstić information content (AvgIpc) is 2.77. The maximum atomic E-state index is 13.6. The standard InChI is InChI=1S/C24H28Cl2F3N3O4S/c1-5-21(23(34)30-15(2)3)31(13-16-9-10-19(25)20(26)11-16)22(33)14-32(37(4,35)36)18-8-6-7-17(12-18)24(27,28)29/h6-12,15,21H,5,13-14H2,1-4H3,(H,30,34). The minimum absolute atomic E-state index is 0.125. The number of nitrogens with one attached hydrogen (secondary N) is 1. The fourth-order valence-electron chi connectivity index (χ4n) is 3.59. The van der Waals surface area contributed by atoms with E-state index >= 15 is 0 Å². The van der Waals surface area contributed by atoms with Crippen LogP contribution in [0.2, 0.25) is 10.0 Å². The van der Waals surface area contributed by atoms with Gasteiger partial charge >= 0.3 is 6.18 Å². The van der Waals surface area contributed by atoms with Crippen molar-refractivity contribution in [1.29, 1.82) is 0 Å². The van der Waals surface area contributed by atoms with Gasteiger partial charge in [0.2, 0.25) is 21.8 Å². The molecule has 0 saturated carbocycles. The summed E-state index contributed by atoms with van der Waals surface area (Å²) in [6.07, 6.45) is -3.74. The number of anilines is 1. The molecule has 2 amide bonds. The molecular weight excluding hydrogens is 554 g/mol. The Hall–Kier alpha value is -2.50. The molecule has 204 valence electrons. The van der Waals surface area contributed by atoms with E-state index in [-0.39, 0.29) is 34.7 Å². The Bertz CT molecular complexity index is 1240. The summed E-state index contributed by atoms with van der Waals surface area (Å²) in [6.45, 7) is 4.22. The molecule has 0 spiro atoms. The first-order valence-electron chi connectivity index (χ1n) is 11.2. The monoisotopic (exact) mass is 581 g/mol. The van der Waals surface area contributed by atoms with Crippen LogP contribution in [0.5, 0.6) is 0 Å². The lowest BCUT2D eigenvalue weighted by atomic mass is 10.1. The summed E-state index contributed by atoms with van der Waals surface area (Å²) in [7, 11) is -4.19. The van der Waals surface area contributed by atoms with Crippen LogP contribution in [0.4, 0.5) is 18.9 Å². The highest BCUT2D eigenvalue weighted by Crippen LogP contribution is 2.32. The first-order valence-corrected chi connectivity index (χ1v) is 13.8. The Morgan fingerprint density at radius 2 is 1.70 bits per heavy atom. The molecule has 0 aromatic heterocycles. The summed E-state index contributed by atoms with van der Waals surface area (Å²) in [5.74, 6) is -1.25.